The fourth-order valence-corrected chi connectivity index (χ4v) is 2.64. The first-order valence-electron chi connectivity index (χ1n) is 7.02. The number of carbonyl (C=O) groups is 2. The lowest BCUT2D eigenvalue weighted by molar-refractivity contribution is -0.126. The van der Waals surface area contributed by atoms with E-state index in [4.69, 9.17) is 16.6 Å². The van der Waals surface area contributed by atoms with E-state index in [2.05, 4.69) is 10.4 Å². The number of aromatic nitrogens is 2. The average molecular weight is 295 g/mol. The number of carbonyl (C=O) groups excluding carboxylic acids is 2. The van der Waals surface area contributed by atoms with Gasteiger partial charge in [-0.1, -0.05) is 0 Å². The van der Waals surface area contributed by atoms with Crippen LogP contribution in [0.1, 0.15) is 36.6 Å². The van der Waals surface area contributed by atoms with Crippen LogP contribution >= 0.6 is 0 Å². The first-order valence-corrected chi connectivity index (χ1v) is 7.02. The Bertz CT molecular complexity index is 528. The van der Waals surface area contributed by atoms with Crippen LogP contribution in [0.3, 0.4) is 0 Å². The quantitative estimate of drug-likeness (QED) is 0.510. The maximum Gasteiger partial charge on any atom is 0.237 e. The molecule has 1 aromatic heterocycles. The van der Waals surface area contributed by atoms with Gasteiger partial charge in [0.1, 0.15) is 0 Å². The van der Waals surface area contributed by atoms with Crippen molar-refractivity contribution in [3.05, 3.63) is 17.5 Å². The highest BCUT2D eigenvalue weighted by molar-refractivity contribution is 5.87. The Hall–Kier alpha value is -1.93. The number of hydrogen-bond acceptors (Lipinski definition) is 5. The molecule has 116 valence electrons. The van der Waals surface area contributed by atoms with Gasteiger partial charge in [-0.25, -0.2) is 0 Å². The molecule has 0 saturated heterocycles. The van der Waals surface area contributed by atoms with Gasteiger partial charge in [-0.05, 0) is 19.3 Å². The van der Waals surface area contributed by atoms with Gasteiger partial charge in [0, 0.05) is 11.3 Å². The summed E-state index contributed by atoms with van der Waals surface area (Å²) in [5, 5.41) is 16.1. The Kier molecular flexibility index (Phi) is 4.92. The zero-order valence-corrected chi connectivity index (χ0v) is 11.8. The van der Waals surface area contributed by atoms with Gasteiger partial charge in [0.05, 0.1) is 37.9 Å². The topological polar surface area (TPSA) is 136 Å². The molecule has 0 bridgehead atoms. The maximum absolute atomic E-state index is 12.0. The molecule has 2 atom stereocenters. The Morgan fingerprint density at radius 1 is 1.57 bits per heavy atom. The van der Waals surface area contributed by atoms with Gasteiger partial charge in [0.2, 0.25) is 11.8 Å². The molecular weight excluding hydrogens is 274 g/mol. The summed E-state index contributed by atoms with van der Waals surface area (Å²) in [6.07, 6.45) is 4.13. The summed E-state index contributed by atoms with van der Waals surface area (Å²) in [6, 6.07) is -1.09. The van der Waals surface area contributed by atoms with Crippen molar-refractivity contribution >= 4 is 11.8 Å². The second kappa shape index (κ2) is 6.68. The SMILES string of the molecule is NC(=O)CC(N)C(=O)NC1CCCc2c1cnn2CCO. The summed E-state index contributed by atoms with van der Waals surface area (Å²) in [5.41, 5.74) is 12.7. The third kappa shape index (κ3) is 3.59. The number of aliphatic hydroxyl groups excluding tert-OH is 1. The average Bonchev–Trinajstić information content (AvgIpc) is 2.83. The molecule has 2 unspecified atom stereocenters. The van der Waals surface area contributed by atoms with Crippen LogP contribution < -0.4 is 16.8 Å². The minimum absolute atomic E-state index is 0.0225. The zero-order valence-electron chi connectivity index (χ0n) is 11.8. The molecule has 0 radical (unpaired) electrons. The van der Waals surface area contributed by atoms with E-state index in [0.717, 1.165) is 30.5 Å². The van der Waals surface area contributed by atoms with Gasteiger partial charge >= 0.3 is 0 Å². The highest BCUT2D eigenvalue weighted by Crippen LogP contribution is 2.29. The molecule has 21 heavy (non-hydrogen) atoms. The maximum atomic E-state index is 12.0. The number of amides is 2. The molecule has 8 heteroatoms. The van der Waals surface area contributed by atoms with Crippen LogP contribution in [-0.4, -0.2) is 39.4 Å². The van der Waals surface area contributed by atoms with Crippen molar-refractivity contribution in [3.8, 4) is 0 Å². The fraction of sp³-hybridized carbons (Fsp3) is 0.615. The van der Waals surface area contributed by atoms with Crippen molar-refractivity contribution in [1.82, 2.24) is 15.1 Å². The number of aliphatic hydroxyl groups is 1. The summed E-state index contributed by atoms with van der Waals surface area (Å²) < 4.78 is 1.76. The Morgan fingerprint density at radius 2 is 2.33 bits per heavy atom. The van der Waals surface area contributed by atoms with E-state index in [9.17, 15) is 9.59 Å². The zero-order chi connectivity index (χ0) is 15.4. The highest BCUT2D eigenvalue weighted by atomic mass is 16.3. The second-order valence-corrected chi connectivity index (χ2v) is 5.22. The molecule has 8 nitrogen and oxygen atoms in total. The van der Waals surface area contributed by atoms with E-state index >= 15 is 0 Å². The standard InChI is InChI=1S/C13H21N5O3/c14-9(6-12(15)20)13(21)17-10-2-1-3-11-8(10)7-16-18(11)4-5-19/h7,9-10,19H,1-6,14H2,(H2,15,20)(H,17,21). The van der Waals surface area contributed by atoms with Crippen LogP contribution in [0.15, 0.2) is 6.20 Å². The van der Waals surface area contributed by atoms with E-state index in [1.165, 1.54) is 0 Å². The van der Waals surface area contributed by atoms with Crippen molar-refractivity contribution in [2.45, 2.75) is 44.3 Å². The predicted octanol–water partition coefficient (Wildman–Crippen LogP) is -1.43. The number of fused-ring (bicyclic) bond motifs is 1. The second-order valence-electron chi connectivity index (χ2n) is 5.22. The first-order chi connectivity index (χ1) is 10.0. The fourth-order valence-electron chi connectivity index (χ4n) is 2.64. The summed E-state index contributed by atoms with van der Waals surface area (Å²) in [5.74, 6) is -0.987. The molecule has 2 amide bonds. The molecule has 2 rings (SSSR count). The number of nitrogens with two attached hydrogens (primary N) is 2. The Morgan fingerprint density at radius 3 is 3.00 bits per heavy atom. The van der Waals surface area contributed by atoms with E-state index in [-0.39, 0.29) is 25.0 Å². The lowest BCUT2D eigenvalue weighted by atomic mass is 9.92. The van der Waals surface area contributed by atoms with Crippen molar-refractivity contribution in [1.29, 1.82) is 0 Å². The van der Waals surface area contributed by atoms with Crippen molar-refractivity contribution in [2.75, 3.05) is 6.61 Å². The van der Waals surface area contributed by atoms with Crippen molar-refractivity contribution in [3.63, 3.8) is 0 Å². The number of nitrogens with zero attached hydrogens (tertiary/aromatic N) is 2. The van der Waals surface area contributed by atoms with Crippen molar-refractivity contribution < 1.29 is 14.7 Å². The number of rotatable bonds is 6. The van der Waals surface area contributed by atoms with Crippen LogP contribution in [0.5, 0.6) is 0 Å². The van der Waals surface area contributed by atoms with Gasteiger partial charge in [-0.15, -0.1) is 0 Å². The molecular formula is C13H21N5O3. The summed E-state index contributed by atoms with van der Waals surface area (Å²) >= 11 is 0. The van der Waals surface area contributed by atoms with Crippen LogP contribution in [0.25, 0.3) is 0 Å². The van der Waals surface area contributed by atoms with Gasteiger partial charge in [-0.2, -0.15) is 5.10 Å². The minimum atomic E-state index is -0.930. The predicted molar refractivity (Wildman–Crippen MR) is 74.9 cm³/mol. The van der Waals surface area contributed by atoms with E-state index < -0.39 is 11.9 Å². The van der Waals surface area contributed by atoms with E-state index in [0.29, 0.717) is 6.54 Å². The van der Waals surface area contributed by atoms with Gasteiger partial charge in [-0.3, -0.25) is 14.3 Å². The molecule has 0 aliphatic heterocycles. The minimum Gasteiger partial charge on any atom is -0.394 e. The highest BCUT2D eigenvalue weighted by Gasteiger charge is 2.27. The molecule has 0 saturated carbocycles. The lowest BCUT2D eigenvalue weighted by Crippen LogP contribution is -2.44. The third-order valence-corrected chi connectivity index (χ3v) is 3.65. The smallest absolute Gasteiger partial charge is 0.237 e. The van der Waals surface area contributed by atoms with E-state index in [1.54, 1.807) is 10.9 Å². The monoisotopic (exact) mass is 295 g/mol. The molecule has 0 spiro atoms. The van der Waals surface area contributed by atoms with Gasteiger partial charge < -0.3 is 21.9 Å². The van der Waals surface area contributed by atoms with Gasteiger partial charge in [0.25, 0.3) is 0 Å². The molecule has 1 aliphatic carbocycles. The Labute approximate surface area is 122 Å². The third-order valence-electron chi connectivity index (χ3n) is 3.65. The van der Waals surface area contributed by atoms with Crippen LogP contribution in [-0.2, 0) is 22.6 Å². The molecule has 1 aliphatic rings. The van der Waals surface area contributed by atoms with Gasteiger partial charge in [0.15, 0.2) is 0 Å². The Balaban J connectivity index is 2.06. The number of primary amides is 1. The van der Waals surface area contributed by atoms with Crippen LogP contribution in [0.2, 0.25) is 0 Å². The summed E-state index contributed by atoms with van der Waals surface area (Å²) in [6.45, 7) is 0.464. The normalized spacial score (nSPS) is 18.9. The largest absolute Gasteiger partial charge is 0.394 e. The molecule has 6 N–H and O–H groups in total. The number of hydrogen-bond donors (Lipinski definition) is 4. The first kappa shape index (κ1) is 15.5. The molecule has 0 fully saturated rings. The van der Waals surface area contributed by atoms with Crippen LogP contribution in [0, 0.1) is 0 Å². The molecule has 1 heterocycles. The summed E-state index contributed by atoms with van der Waals surface area (Å²) in [7, 11) is 0. The lowest BCUT2D eigenvalue weighted by Gasteiger charge is -2.25. The van der Waals surface area contributed by atoms with Crippen molar-refractivity contribution in [2.24, 2.45) is 11.5 Å². The number of nitrogens with one attached hydrogen (secondary N) is 1. The van der Waals surface area contributed by atoms with Crippen LogP contribution in [0.4, 0.5) is 0 Å². The summed E-state index contributed by atoms with van der Waals surface area (Å²) in [4.78, 5) is 22.8. The molecule has 1 aromatic rings. The van der Waals surface area contributed by atoms with E-state index in [1.807, 2.05) is 0 Å². The molecule has 0 aromatic carbocycles.